The number of nitrogen functional groups attached to an aromatic ring is 2. The van der Waals surface area contributed by atoms with Gasteiger partial charge in [-0.3, -0.25) is 0 Å². The minimum absolute atomic E-state index is 0.102. The van der Waals surface area contributed by atoms with Crippen LogP contribution in [0.25, 0.3) is 11.1 Å². The van der Waals surface area contributed by atoms with E-state index in [4.69, 9.17) is 11.5 Å². The summed E-state index contributed by atoms with van der Waals surface area (Å²) in [5.74, 6) is 0. The van der Waals surface area contributed by atoms with Crippen molar-refractivity contribution in [2.45, 2.75) is 13.1 Å². The fourth-order valence-electron chi connectivity index (χ4n) is 1.96. The minimum atomic E-state index is -4.40. The Morgan fingerprint density at radius 2 is 1.63 bits per heavy atom. The van der Waals surface area contributed by atoms with E-state index >= 15 is 0 Å². The Kier molecular flexibility index (Phi) is 3.14. The molecule has 0 unspecified atom stereocenters. The molecular weight excluding hydrogens is 253 g/mol. The van der Waals surface area contributed by atoms with Gasteiger partial charge in [0.25, 0.3) is 0 Å². The number of halogens is 3. The molecule has 5 heteroatoms. The summed E-state index contributed by atoms with van der Waals surface area (Å²) in [7, 11) is 0. The monoisotopic (exact) mass is 266 g/mol. The molecule has 0 aliphatic heterocycles. The predicted octanol–water partition coefficient (Wildman–Crippen LogP) is 3.85. The molecule has 0 bridgehead atoms. The number of benzene rings is 2. The summed E-state index contributed by atoms with van der Waals surface area (Å²) >= 11 is 0. The van der Waals surface area contributed by atoms with Crippen LogP contribution in [0.5, 0.6) is 0 Å². The average molecular weight is 266 g/mol. The number of anilines is 2. The molecule has 19 heavy (non-hydrogen) atoms. The molecule has 100 valence electrons. The lowest BCUT2D eigenvalue weighted by atomic mass is 9.96. The van der Waals surface area contributed by atoms with Gasteiger partial charge >= 0.3 is 6.18 Å². The molecule has 4 N–H and O–H groups in total. The van der Waals surface area contributed by atoms with Crippen molar-refractivity contribution in [3.05, 3.63) is 47.5 Å². The highest BCUT2D eigenvalue weighted by atomic mass is 19.4. The predicted molar refractivity (Wildman–Crippen MR) is 70.4 cm³/mol. The van der Waals surface area contributed by atoms with Gasteiger partial charge in [0.15, 0.2) is 0 Å². The van der Waals surface area contributed by atoms with Gasteiger partial charge in [-0.15, -0.1) is 0 Å². The smallest absolute Gasteiger partial charge is 0.397 e. The van der Waals surface area contributed by atoms with Crippen LogP contribution in [0.3, 0.4) is 0 Å². The first kappa shape index (κ1) is 13.3. The van der Waals surface area contributed by atoms with Crippen molar-refractivity contribution < 1.29 is 13.2 Å². The lowest BCUT2D eigenvalue weighted by molar-refractivity contribution is -0.137. The van der Waals surface area contributed by atoms with E-state index in [1.165, 1.54) is 18.2 Å². The van der Waals surface area contributed by atoms with E-state index in [1.54, 1.807) is 19.1 Å². The van der Waals surface area contributed by atoms with Crippen LogP contribution < -0.4 is 11.5 Å². The van der Waals surface area contributed by atoms with Gasteiger partial charge in [0.1, 0.15) is 0 Å². The summed E-state index contributed by atoms with van der Waals surface area (Å²) in [6.07, 6.45) is -4.40. The Morgan fingerprint density at radius 3 is 2.21 bits per heavy atom. The van der Waals surface area contributed by atoms with Gasteiger partial charge in [-0.1, -0.05) is 18.2 Å². The Bertz CT molecular complexity index is 595. The largest absolute Gasteiger partial charge is 0.417 e. The maximum Gasteiger partial charge on any atom is 0.417 e. The molecule has 0 saturated carbocycles. The fraction of sp³-hybridized carbons (Fsp3) is 0.143. The minimum Gasteiger partial charge on any atom is -0.397 e. The summed E-state index contributed by atoms with van der Waals surface area (Å²) in [5.41, 5.74) is 12.6. The van der Waals surface area contributed by atoms with Gasteiger partial charge in [0.05, 0.1) is 16.9 Å². The zero-order valence-corrected chi connectivity index (χ0v) is 10.3. The summed E-state index contributed by atoms with van der Waals surface area (Å²) in [4.78, 5) is 0. The molecule has 2 aromatic carbocycles. The lowest BCUT2D eigenvalue weighted by Gasteiger charge is -2.14. The summed E-state index contributed by atoms with van der Waals surface area (Å²) in [6, 6.07) is 8.47. The van der Waals surface area contributed by atoms with Crippen LogP contribution in [0.15, 0.2) is 36.4 Å². The molecule has 0 aliphatic rings. The zero-order chi connectivity index (χ0) is 14.2. The summed E-state index contributed by atoms with van der Waals surface area (Å²) < 4.78 is 38.9. The van der Waals surface area contributed by atoms with Crippen molar-refractivity contribution in [3.63, 3.8) is 0 Å². The third-order valence-electron chi connectivity index (χ3n) is 2.96. The number of rotatable bonds is 1. The maximum absolute atomic E-state index is 13.0. The summed E-state index contributed by atoms with van der Waals surface area (Å²) in [5, 5.41) is 0. The van der Waals surface area contributed by atoms with Crippen LogP contribution in [0.1, 0.15) is 11.1 Å². The molecule has 0 spiro atoms. The molecule has 0 amide bonds. The highest BCUT2D eigenvalue weighted by Crippen LogP contribution is 2.38. The molecule has 2 rings (SSSR count). The van der Waals surface area contributed by atoms with Crippen LogP contribution in [-0.4, -0.2) is 0 Å². The van der Waals surface area contributed by atoms with Crippen molar-refractivity contribution in [1.82, 2.24) is 0 Å². The molecule has 0 heterocycles. The van der Waals surface area contributed by atoms with E-state index in [2.05, 4.69) is 0 Å². The quantitative estimate of drug-likeness (QED) is 0.770. The third kappa shape index (κ3) is 2.50. The first-order chi connectivity index (χ1) is 8.80. The Morgan fingerprint density at radius 1 is 1.00 bits per heavy atom. The van der Waals surface area contributed by atoms with E-state index in [9.17, 15) is 13.2 Å². The van der Waals surface area contributed by atoms with Gasteiger partial charge in [-0.2, -0.15) is 13.2 Å². The van der Waals surface area contributed by atoms with Gasteiger partial charge in [-0.25, -0.2) is 0 Å². The van der Waals surface area contributed by atoms with E-state index in [1.807, 2.05) is 0 Å². The topological polar surface area (TPSA) is 52.0 Å². The second-order valence-electron chi connectivity index (χ2n) is 4.34. The first-order valence-corrected chi connectivity index (χ1v) is 5.63. The van der Waals surface area contributed by atoms with E-state index in [-0.39, 0.29) is 11.3 Å². The molecule has 0 fully saturated rings. The van der Waals surface area contributed by atoms with Gasteiger partial charge < -0.3 is 11.5 Å². The van der Waals surface area contributed by atoms with Crippen LogP contribution in [0.4, 0.5) is 24.5 Å². The number of nitrogens with two attached hydrogens (primary N) is 2. The van der Waals surface area contributed by atoms with Gasteiger partial charge in [0.2, 0.25) is 0 Å². The van der Waals surface area contributed by atoms with Crippen molar-refractivity contribution in [3.8, 4) is 11.1 Å². The molecule has 2 nitrogen and oxygen atoms in total. The Hall–Kier alpha value is -2.17. The average Bonchev–Trinajstić information content (AvgIpc) is 2.34. The highest BCUT2D eigenvalue weighted by Gasteiger charge is 2.33. The standard InChI is InChI=1S/C14H13F3N2/c1-8-6-9(7-12(18)13(8)19)10-4-2-3-5-11(10)14(15,16)17/h2-7H,18-19H2,1H3. The van der Waals surface area contributed by atoms with Crippen molar-refractivity contribution >= 4 is 11.4 Å². The number of hydrogen-bond acceptors (Lipinski definition) is 2. The SMILES string of the molecule is Cc1cc(-c2ccccc2C(F)(F)F)cc(N)c1N. The molecule has 0 radical (unpaired) electrons. The van der Waals surface area contributed by atoms with Crippen LogP contribution in [0, 0.1) is 6.92 Å². The van der Waals surface area contributed by atoms with Crippen LogP contribution >= 0.6 is 0 Å². The molecular formula is C14H13F3N2. The third-order valence-corrected chi connectivity index (χ3v) is 2.96. The number of aryl methyl sites for hydroxylation is 1. The van der Waals surface area contributed by atoms with Crippen molar-refractivity contribution in [2.75, 3.05) is 11.5 Å². The van der Waals surface area contributed by atoms with Gasteiger partial charge in [0, 0.05) is 0 Å². The highest BCUT2D eigenvalue weighted by molar-refractivity contribution is 5.78. The second-order valence-corrected chi connectivity index (χ2v) is 4.34. The van der Waals surface area contributed by atoms with Crippen molar-refractivity contribution in [2.24, 2.45) is 0 Å². The Labute approximate surface area is 108 Å². The number of alkyl halides is 3. The van der Waals surface area contributed by atoms with Gasteiger partial charge in [-0.05, 0) is 41.8 Å². The lowest BCUT2D eigenvalue weighted by Crippen LogP contribution is -2.07. The molecule has 0 saturated heterocycles. The normalized spacial score (nSPS) is 11.6. The maximum atomic E-state index is 13.0. The van der Waals surface area contributed by atoms with E-state index < -0.39 is 11.7 Å². The molecule has 0 aromatic heterocycles. The zero-order valence-electron chi connectivity index (χ0n) is 10.3. The number of hydrogen-bond donors (Lipinski definition) is 2. The Balaban J connectivity index is 2.67. The molecule has 2 aromatic rings. The fourth-order valence-corrected chi connectivity index (χ4v) is 1.96. The molecule has 0 aliphatic carbocycles. The van der Waals surface area contributed by atoms with Crippen molar-refractivity contribution in [1.29, 1.82) is 0 Å². The van der Waals surface area contributed by atoms with E-state index in [0.29, 0.717) is 16.8 Å². The first-order valence-electron chi connectivity index (χ1n) is 5.63. The van der Waals surface area contributed by atoms with E-state index in [0.717, 1.165) is 6.07 Å². The van der Waals surface area contributed by atoms with Crippen LogP contribution in [-0.2, 0) is 6.18 Å². The second kappa shape index (κ2) is 4.50. The summed E-state index contributed by atoms with van der Waals surface area (Å²) in [6.45, 7) is 1.71. The van der Waals surface area contributed by atoms with Crippen LogP contribution in [0.2, 0.25) is 0 Å². The molecule has 0 atom stereocenters.